The fourth-order valence-electron chi connectivity index (χ4n) is 9.90. The third-order valence-corrected chi connectivity index (χ3v) is 13.0. The fraction of sp³-hybridized carbons (Fsp3) is 0. The maximum Gasteiger partial charge on any atom is 0.0553 e. The molecular formula is C64H44N2. The van der Waals surface area contributed by atoms with Gasteiger partial charge in [-0.3, -0.25) is 0 Å². The number of hydrogen-bond donors (Lipinski definition) is 0. The second kappa shape index (κ2) is 16.8. The molecule has 0 amide bonds. The monoisotopic (exact) mass is 840 g/mol. The summed E-state index contributed by atoms with van der Waals surface area (Å²) in [4.78, 5) is 2.40. The Balaban J connectivity index is 1.02. The summed E-state index contributed by atoms with van der Waals surface area (Å²) in [6.07, 6.45) is 0. The highest BCUT2D eigenvalue weighted by molar-refractivity contribution is 6.23. The van der Waals surface area contributed by atoms with Gasteiger partial charge in [0.05, 0.1) is 11.0 Å². The van der Waals surface area contributed by atoms with Gasteiger partial charge in [0, 0.05) is 33.5 Å². The van der Waals surface area contributed by atoms with Gasteiger partial charge < -0.3 is 9.47 Å². The minimum atomic E-state index is 1.08. The molecule has 12 aromatic rings. The molecule has 1 heterocycles. The molecule has 0 bridgehead atoms. The second-order valence-electron chi connectivity index (χ2n) is 16.9. The van der Waals surface area contributed by atoms with Crippen LogP contribution in [0.2, 0.25) is 0 Å². The Morgan fingerprint density at radius 3 is 1.44 bits per heavy atom. The van der Waals surface area contributed by atoms with Crippen molar-refractivity contribution in [2.45, 2.75) is 0 Å². The minimum Gasteiger partial charge on any atom is -0.310 e. The molecule has 2 heteroatoms. The van der Waals surface area contributed by atoms with Crippen molar-refractivity contribution in [3.63, 3.8) is 0 Å². The quantitative estimate of drug-likeness (QED) is 0.141. The average molecular weight is 841 g/mol. The predicted molar refractivity (Wildman–Crippen MR) is 280 cm³/mol. The van der Waals surface area contributed by atoms with Gasteiger partial charge in [0.25, 0.3) is 0 Å². The van der Waals surface area contributed by atoms with Crippen LogP contribution in [0, 0.1) is 0 Å². The molecule has 11 aromatic carbocycles. The van der Waals surface area contributed by atoms with Crippen LogP contribution in [0.4, 0.5) is 17.1 Å². The first-order valence-electron chi connectivity index (χ1n) is 22.7. The predicted octanol–water partition coefficient (Wildman–Crippen LogP) is 17.7. The Labute approximate surface area is 385 Å². The van der Waals surface area contributed by atoms with E-state index in [2.05, 4.69) is 276 Å². The van der Waals surface area contributed by atoms with Gasteiger partial charge >= 0.3 is 0 Å². The van der Waals surface area contributed by atoms with Crippen LogP contribution in [-0.4, -0.2) is 4.57 Å². The van der Waals surface area contributed by atoms with Crippen LogP contribution in [0.3, 0.4) is 0 Å². The molecule has 0 saturated carbocycles. The summed E-state index contributed by atoms with van der Waals surface area (Å²) >= 11 is 0. The van der Waals surface area contributed by atoms with Crippen LogP contribution in [0.25, 0.3) is 93.9 Å². The summed E-state index contributed by atoms with van der Waals surface area (Å²) in [5.74, 6) is 0. The van der Waals surface area contributed by atoms with E-state index in [4.69, 9.17) is 0 Å². The van der Waals surface area contributed by atoms with E-state index in [9.17, 15) is 0 Å². The molecule has 66 heavy (non-hydrogen) atoms. The lowest BCUT2D eigenvalue weighted by atomic mass is 9.92. The van der Waals surface area contributed by atoms with E-state index in [0.717, 1.165) is 28.3 Å². The molecule has 0 fully saturated rings. The molecule has 0 N–H and O–H groups in total. The van der Waals surface area contributed by atoms with Crippen LogP contribution in [0.1, 0.15) is 0 Å². The molecular weight excluding hydrogens is 797 g/mol. The van der Waals surface area contributed by atoms with Crippen molar-refractivity contribution in [3.8, 4) is 61.3 Å². The van der Waals surface area contributed by atoms with Crippen molar-refractivity contribution in [3.05, 3.63) is 267 Å². The lowest BCUT2D eigenvalue weighted by Crippen LogP contribution is -2.10. The maximum absolute atomic E-state index is 2.42. The normalized spacial score (nSPS) is 11.3. The summed E-state index contributed by atoms with van der Waals surface area (Å²) < 4.78 is 2.42. The van der Waals surface area contributed by atoms with Gasteiger partial charge in [-0.2, -0.15) is 0 Å². The molecule has 0 radical (unpaired) electrons. The smallest absolute Gasteiger partial charge is 0.0553 e. The molecule has 310 valence electrons. The van der Waals surface area contributed by atoms with Crippen LogP contribution >= 0.6 is 0 Å². The zero-order valence-corrected chi connectivity index (χ0v) is 36.3. The van der Waals surface area contributed by atoms with E-state index < -0.39 is 0 Å². The maximum atomic E-state index is 2.42. The first-order chi connectivity index (χ1) is 32.7. The molecule has 2 nitrogen and oxygen atoms in total. The Morgan fingerprint density at radius 2 is 0.758 bits per heavy atom. The Hall–Kier alpha value is -8.72. The van der Waals surface area contributed by atoms with Crippen molar-refractivity contribution in [1.82, 2.24) is 4.57 Å². The van der Waals surface area contributed by atoms with Crippen LogP contribution in [-0.2, 0) is 0 Å². The molecule has 0 saturated heterocycles. The van der Waals surface area contributed by atoms with Crippen molar-refractivity contribution < 1.29 is 0 Å². The number of nitrogens with zero attached hydrogens (tertiary/aromatic N) is 2. The molecule has 0 aliphatic carbocycles. The second-order valence-corrected chi connectivity index (χ2v) is 16.9. The summed E-state index contributed by atoms with van der Waals surface area (Å²) in [7, 11) is 0. The minimum absolute atomic E-state index is 1.08. The Morgan fingerprint density at radius 1 is 0.273 bits per heavy atom. The largest absolute Gasteiger partial charge is 0.310 e. The van der Waals surface area contributed by atoms with Gasteiger partial charge in [0.1, 0.15) is 0 Å². The molecule has 0 aliphatic rings. The first-order valence-corrected chi connectivity index (χ1v) is 22.7. The molecule has 0 spiro atoms. The lowest BCUT2D eigenvalue weighted by molar-refractivity contribution is 1.18. The van der Waals surface area contributed by atoms with E-state index in [-0.39, 0.29) is 0 Å². The summed E-state index contributed by atoms with van der Waals surface area (Å²) in [6, 6.07) is 96.8. The Bertz CT molecular complexity index is 3660. The highest BCUT2D eigenvalue weighted by atomic mass is 15.1. The zero-order chi connectivity index (χ0) is 43.8. The number of anilines is 3. The van der Waals surface area contributed by atoms with Crippen molar-refractivity contribution >= 4 is 49.6 Å². The zero-order valence-electron chi connectivity index (χ0n) is 36.3. The van der Waals surface area contributed by atoms with Crippen molar-refractivity contribution in [1.29, 1.82) is 0 Å². The van der Waals surface area contributed by atoms with E-state index in [1.54, 1.807) is 0 Å². The van der Waals surface area contributed by atoms with E-state index in [1.165, 1.54) is 82.6 Å². The van der Waals surface area contributed by atoms with Gasteiger partial charge in [-0.15, -0.1) is 0 Å². The van der Waals surface area contributed by atoms with Crippen LogP contribution in [0.5, 0.6) is 0 Å². The number of rotatable bonds is 9. The van der Waals surface area contributed by atoms with Crippen molar-refractivity contribution in [2.24, 2.45) is 0 Å². The third-order valence-electron chi connectivity index (χ3n) is 13.0. The fourth-order valence-corrected chi connectivity index (χ4v) is 9.90. The first kappa shape index (κ1) is 38.9. The number of aromatic nitrogens is 1. The summed E-state index contributed by atoms with van der Waals surface area (Å²) in [5.41, 5.74) is 18.8. The highest BCUT2D eigenvalue weighted by Gasteiger charge is 2.21. The SMILES string of the molecule is c1ccc(-c2cccc(-c3ccc(N(c4ccc(-c5ccccc5-c5ccccc5)cc4)c4cccc(-c5c6ccccc6cc6c5c5ccccc5n6-c5ccccc5)c4)cc3)c2)cc1. The van der Waals surface area contributed by atoms with Gasteiger partial charge in [0.2, 0.25) is 0 Å². The van der Waals surface area contributed by atoms with Crippen LogP contribution in [0.15, 0.2) is 267 Å². The third kappa shape index (κ3) is 7.02. The highest BCUT2D eigenvalue weighted by Crippen LogP contribution is 2.45. The number of fused-ring (bicyclic) bond motifs is 4. The lowest BCUT2D eigenvalue weighted by Gasteiger charge is -2.27. The average Bonchev–Trinajstić information content (AvgIpc) is 3.73. The number of benzene rings is 11. The molecule has 0 atom stereocenters. The van der Waals surface area contributed by atoms with Gasteiger partial charge in [0.15, 0.2) is 0 Å². The molecule has 12 rings (SSSR count). The van der Waals surface area contributed by atoms with Crippen LogP contribution < -0.4 is 4.90 Å². The summed E-state index contributed by atoms with van der Waals surface area (Å²) in [5, 5.41) is 4.92. The molecule has 1 aromatic heterocycles. The van der Waals surface area contributed by atoms with Crippen molar-refractivity contribution in [2.75, 3.05) is 4.90 Å². The summed E-state index contributed by atoms with van der Waals surface area (Å²) in [6.45, 7) is 0. The topological polar surface area (TPSA) is 8.17 Å². The van der Waals surface area contributed by atoms with E-state index in [1.807, 2.05) is 0 Å². The standard InChI is InChI=1S/C64H44N2/c1-4-18-45(19-5-1)49-23-16-24-50(42-49)46-34-38-54(39-35-46)65(55-40-36-48(37-41-55)58-30-13-12-29-57(58)47-20-6-2-7-21-47)56-28-17-25-52(43-56)63-59-31-11-10-22-51(59)44-62-64(63)60-32-14-15-33-61(60)66(62)53-26-8-3-9-27-53/h1-44H. The molecule has 0 unspecified atom stereocenters. The molecule has 0 aliphatic heterocycles. The van der Waals surface area contributed by atoms with Gasteiger partial charge in [-0.05, 0) is 133 Å². The number of hydrogen-bond acceptors (Lipinski definition) is 1. The van der Waals surface area contributed by atoms with Gasteiger partial charge in [-0.1, -0.05) is 200 Å². The number of para-hydroxylation sites is 2. The van der Waals surface area contributed by atoms with E-state index in [0.29, 0.717) is 0 Å². The Kier molecular flexibility index (Phi) is 9.89. The van der Waals surface area contributed by atoms with E-state index >= 15 is 0 Å². The van der Waals surface area contributed by atoms with Gasteiger partial charge in [-0.25, -0.2) is 0 Å².